The standard InChI is InChI=1S/C22H17F2N3O3S/c1-31(28,29)15-7-8-19-16(11-15)22(27-13-26-19)25-12-14-6-9-21(18(24)10-14)30-20-5-3-2-4-17(20)23/h2-11,13H,12H2,1H3,(H,25,26,27). The summed E-state index contributed by atoms with van der Waals surface area (Å²) in [5, 5.41) is 3.61. The second-order valence-corrected chi connectivity index (χ2v) is 8.84. The van der Waals surface area contributed by atoms with E-state index in [0.717, 1.165) is 6.26 Å². The van der Waals surface area contributed by atoms with Crippen molar-refractivity contribution in [1.82, 2.24) is 9.97 Å². The van der Waals surface area contributed by atoms with Crippen molar-refractivity contribution in [3.63, 3.8) is 0 Å². The molecular formula is C22H17F2N3O3S. The molecule has 3 aromatic carbocycles. The minimum atomic E-state index is -3.39. The normalized spacial score (nSPS) is 11.5. The molecule has 6 nitrogen and oxygen atoms in total. The number of para-hydroxylation sites is 1. The van der Waals surface area contributed by atoms with E-state index in [2.05, 4.69) is 15.3 Å². The summed E-state index contributed by atoms with van der Waals surface area (Å²) in [6, 6.07) is 14.7. The number of nitrogens with zero attached hydrogens (tertiary/aromatic N) is 2. The molecule has 0 atom stereocenters. The van der Waals surface area contributed by atoms with Crippen LogP contribution in [-0.4, -0.2) is 24.6 Å². The second kappa shape index (κ2) is 8.27. The maximum atomic E-state index is 14.5. The first kappa shape index (κ1) is 20.7. The fraction of sp³-hybridized carbons (Fsp3) is 0.0909. The summed E-state index contributed by atoms with van der Waals surface area (Å²) < 4.78 is 57.2. The van der Waals surface area contributed by atoms with Crippen LogP contribution in [0.15, 0.2) is 71.9 Å². The number of anilines is 1. The Bertz CT molecular complexity index is 1380. The fourth-order valence-electron chi connectivity index (χ4n) is 2.98. The van der Waals surface area contributed by atoms with E-state index in [1.54, 1.807) is 18.2 Å². The topological polar surface area (TPSA) is 81.2 Å². The molecular weight excluding hydrogens is 424 g/mol. The van der Waals surface area contributed by atoms with Gasteiger partial charge in [-0.1, -0.05) is 18.2 Å². The van der Waals surface area contributed by atoms with Gasteiger partial charge in [0.15, 0.2) is 33.0 Å². The summed E-state index contributed by atoms with van der Waals surface area (Å²) in [6.07, 6.45) is 2.48. The van der Waals surface area contributed by atoms with Crippen LogP contribution < -0.4 is 10.1 Å². The minimum Gasteiger partial charge on any atom is -0.451 e. The highest BCUT2D eigenvalue weighted by Crippen LogP contribution is 2.28. The molecule has 1 aromatic heterocycles. The van der Waals surface area contributed by atoms with Crippen LogP contribution in [-0.2, 0) is 16.4 Å². The molecule has 0 spiro atoms. The summed E-state index contributed by atoms with van der Waals surface area (Å²) in [7, 11) is -3.39. The maximum Gasteiger partial charge on any atom is 0.175 e. The van der Waals surface area contributed by atoms with Crippen molar-refractivity contribution < 1.29 is 21.9 Å². The number of hydrogen-bond donors (Lipinski definition) is 1. The Balaban J connectivity index is 1.55. The molecule has 0 bridgehead atoms. The predicted octanol–water partition coefficient (Wildman–Crippen LogP) is 4.72. The molecule has 0 radical (unpaired) electrons. The van der Waals surface area contributed by atoms with Gasteiger partial charge in [0, 0.05) is 18.2 Å². The van der Waals surface area contributed by atoms with Gasteiger partial charge < -0.3 is 10.1 Å². The Hall–Kier alpha value is -3.59. The van der Waals surface area contributed by atoms with Gasteiger partial charge in [0.2, 0.25) is 0 Å². The predicted molar refractivity (Wildman–Crippen MR) is 113 cm³/mol. The van der Waals surface area contributed by atoms with Crippen LogP contribution in [0, 0.1) is 11.6 Å². The monoisotopic (exact) mass is 441 g/mol. The molecule has 0 aliphatic rings. The molecule has 0 fully saturated rings. The summed E-state index contributed by atoms with van der Waals surface area (Å²) >= 11 is 0. The number of fused-ring (bicyclic) bond motifs is 1. The van der Waals surface area contributed by atoms with E-state index in [4.69, 9.17) is 4.74 Å². The van der Waals surface area contributed by atoms with Gasteiger partial charge in [-0.25, -0.2) is 27.2 Å². The number of ether oxygens (including phenoxy) is 1. The molecule has 1 N–H and O–H groups in total. The lowest BCUT2D eigenvalue weighted by molar-refractivity contribution is 0.414. The average molecular weight is 441 g/mol. The number of hydrogen-bond acceptors (Lipinski definition) is 6. The lowest BCUT2D eigenvalue weighted by atomic mass is 10.2. The molecule has 0 aliphatic carbocycles. The van der Waals surface area contributed by atoms with E-state index in [-0.39, 0.29) is 22.9 Å². The van der Waals surface area contributed by atoms with Crippen LogP contribution in [0.1, 0.15) is 5.56 Å². The maximum absolute atomic E-state index is 14.5. The van der Waals surface area contributed by atoms with E-state index in [1.807, 2.05) is 0 Å². The second-order valence-electron chi connectivity index (χ2n) is 6.82. The highest BCUT2D eigenvalue weighted by Gasteiger charge is 2.12. The zero-order valence-corrected chi connectivity index (χ0v) is 17.2. The number of halogens is 2. The van der Waals surface area contributed by atoms with Gasteiger partial charge in [-0.15, -0.1) is 0 Å². The average Bonchev–Trinajstić information content (AvgIpc) is 2.74. The van der Waals surface area contributed by atoms with E-state index in [1.165, 1.54) is 48.8 Å². The van der Waals surface area contributed by atoms with E-state index in [9.17, 15) is 17.2 Å². The molecule has 158 valence electrons. The fourth-order valence-corrected chi connectivity index (χ4v) is 3.62. The van der Waals surface area contributed by atoms with E-state index in [0.29, 0.717) is 22.3 Å². The van der Waals surface area contributed by atoms with Gasteiger partial charge in [0.05, 0.1) is 10.4 Å². The van der Waals surface area contributed by atoms with E-state index >= 15 is 0 Å². The first-order valence-electron chi connectivity index (χ1n) is 9.21. The van der Waals surface area contributed by atoms with Gasteiger partial charge >= 0.3 is 0 Å². The number of sulfone groups is 1. The van der Waals surface area contributed by atoms with Crippen LogP contribution in [0.25, 0.3) is 10.9 Å². The van der Waals surface area contributed by atoms with Crippen molar-refractivity contribution in [2.75, 3.05) is 11.6 Å². The van der Waals surface area contributed by atoms with Crippen molar-refractivity contribution >= 4 is 26.6 Å². The summed E-state index contributed by atoms with van der Waals surface area (Å²) in [4.78, 5) is 8.46. The third-order valence-corrected chi connectivity index (χ3v) is 5.66. The molecule has 0 unspecified atom stereocenters. The first-order valence-corrected chi connectivity index (χ1v) is 11.1. The highest BCUT2D eigenvalue weighted by molar-refractivity contribution is 7.90. The van der Waals surface area contributed by atoms with E-state index < -0.39 is 21.5 Å². The zero-order chi connectivity index (χ0) is 22.0. The van der Waals surface area contributed by atoms with Crippen LogP contribution >= 0.6 is 0 Å². The number of nitrogens with one attached hydrogen (secondary N) is 1. The van der Waals surface area contributed by atoms with Crippen molar-refractivity contribution in [3.05, 3.63) is 84.2 Å². The minimum absolute atomic E-state index is 0.0681. The lowest BCUT2D eigenvalue weighted by Crippen LogP contribution is -2.04. The molecule has 0 aliphatic heterocycles. The molecule has 4 aromatic rings. The van der Waals surface area contributed by atoms with Gasteiger partial charge in [-0.05, 0) is 48.0 Å². The zero-order valence-electron chi connectivity index (χ0n) is 16.3. The largest absolute Gasteiger partial charge is 0.451 e. The van der Waals surface area contributed by atoms with Gasteiger partial charge in [0.25, 0.3) is 0 Å². The van der Waals surface area contributed by atoms with Crippen LogP contribution in [0.4, 0.5) is 14.6 Å². The summed E-state index contributed by atoms with van der Waals surface area (Å²) in [5.74, 6) is -0.977. The summed E-state index contributed by atoms with van der Waals surface area (Å²) in [6.45, 7) is 0.214. The van der Waals surface area contributed by atoms with Crippen molar-refractivity contribution in [3.8, 4) is 11.5 Å². The molecule has 4 rings (SSSR count). The SMILES string of the molecule is CS(=O)(=O)c1ccc2ncnc(NCc3ccc(Oc4ccccc4F)c(F)c3)c2c1. The highest BCUT2D eigenvalue weighted by atomic mass is 32.2. The molecule has 0 saturated heterocycles. The van der Waals surface area contributed by atoms with Crippen LogP contribution in [0.3, 0.4) is 0 Å². The Kier molecular flexibility index (Phi) is 5.51. The van der Waals surface area contributed by atoms with Crippen molar-refractivity contribution in [2.45, 2.75) is 11.4 Å². The third kappa shape index (κ3) is 4.61. The smallest absolute Gasteiger partial charge is 0.175 e. The van der Waals surface area contributed by atoms with Crippen LogP contribution in [0.5, 0.6) is 11.5 Å². The Labute approximate surface area is 177 Å². The van der Waals surface area contributed by atoms with Gasteiger partial charge in [0.1, 0.15) is 12.1 Å². The Morgan fingerprint density at radius 3 is 2.45 bits per heavy atom. The number of rotatable bonds is 6. The van der Waals surface area contributed by atoms with Crippen molar-refractivity contribution in [2.24, 2.45) is 0 Å². The van der Waals surface area contributed by atoms with Gasteiger partial charge in [-0.3, -0.25) is 0 Å². The number of benzene rings is 3. The van der Waals surface area contributed by atoms with Gasteiger partial charge in [-0.2, -0.15) is 0 Å². The molecule has 31 heavy (non-hydrogen) atoms. The first-order chi connectivity index (χ1) is 14.8. The molecule has 0 amide bonds. The van der Waals surface area contributed by atoms with Crippen molar-refractivity contribution in [1.29, 1.82) is 0 Å². The molecule has 0 saturated carbocycles. The third-order valence-electron chi connectivity index (χ3n) is 4.55. The lowest BCUT2D eigenvalue weighted by Gasteiger charge is -2.11. The Morgan fingerprint density at radius 2 is 1.71 bits per heavy atom. The quantitative estimate of drug-likeness (QED) is 0.467. The summed E-state index contributed by atoms with van der Waals surface area (Å²) in [5.41, 5.74) is 1.16. The van der Waals surface area contributed by atoms with Crippen LogP contribution in [0.2, 0.25) is 0 Å². The molecule has 9 heteroatoms. The molecule has 1 heterocycles. The number of aromatic nitrogens is 2. The Morgan fingerprint density at radius 1 is 0.935 bits per heavy atom.